The highest BCUT2D eigenvalue weighted by molar-refractivity contribution is 5.36. The first-order chi connectivity index (χ1) is 9.71. The van der Waals surface area contributed by atoms with Gasteiger partial charge in [-0.15, -0.1) is 0 Å². The summed E-state index contributed by atoms with van der Waals surface area (Å²) in [6, 6.07) is 4.97. The smallest absolute Gasteiger partial charge is 0.456 e. The molecule has 0 amide bonds. The predicted octanol–water partition coefficient (Wildman–Crippen LogP) is 2.14. The molecular weight excluding hydrogens is 301 g/mol. The summed E-state index contributed by atoms with van der Waals surface area (Å²) in [6.07, 6.45) is -4.48. The molecule has 0 unspecified atom stereocenters. The third-order valence-electron chi connectivity index (χ3n) is 2.50. The van der Waals surface area contributed by atoms with Crippen molar-refractivity contribution in [3.8, 4) is 11.4 Å². The van der Waals surface area contributed by atoms with Crippen LogP contribution < -0.4 is 10.4 Å². The molecule has 114 valence electrons. The third kappa shape index (κ3) is 3.20. The number of rotatable bonds is 4. The molecule has 0 radical (unpaired) electrons. The third-order valence-corrected chi connectivity index (χ3v) is 2.50. The van der Waals surface area contributed by atoms with Gasteiger partial charge < -0.3 is 4.74 Å². The molecule has 2 rings (SSSR count). The van der Waals surface area contributed by atoms with E-state index in [1.54, 1.807) is 0 Å². The van der Waals surface area contributed by atoms with Crippen LogP contribution in [0.5, 0.6) is 5.75 Å². The quantitative estimate of drug-likeness (QED) is 0.880. The minimum Gasteiger partial charge on any atom is -0.487 e. The van der Waals surface area contributed by atoms with Crippen LogP contribution in [0.1, 0.15) is 0 Å². The number of ether oxygens (including phenoxy) is 1. The zero-order valence-corrected chi connectivity index (χ0v) is 10.2. The van der Waals surface area contributed by atoms with E-state index < -0.39 is 24.4 Å². The molecule has 1 aromatic heterocycles. The first kappa shape index (κ1) is 15.0. The van der Waals surface area contributed by atoms with Crippen molar-refractivity contribution in [2.24, 2.45) is 0 Å². The van der Waals surface area contributed by atoms with Gasteiger partial charge >= 0.3 is 17.8 Å². The second-order valence-electron chi connectivity index (χ2n) is 4.02. The fourth-order valence-electron chi connectivity index (χ4n) is 1.39. The average molecular weight is 309 g/mol. The van der Waals surface area contributed by atoms with Gasteiger partial charge in [-0.05, 0) is 24.3 Å². The van der Waals surface area contributed by atoms with Crippen LogP contribution in [0, 0.1) is 0 Å². The molecule has 1 aromatic carbocycles. The van der Waals surface area contributed by atoms with Crippen LogP contribution in [0.2, 0.25) is 0 Å². The summed E-state index contributed by atoms with van der Waals surface area (Å²) in [7, 11) is 0. The lowest BCUT2D eigenvalue weighted by molar-refractivity contribution is -0.290. The van der Waals surface area contributed by atoms with Gasteiger partial charge in [-0.1, -0.05) is 0 Å². The molecule has 2 aromatic rings. The molecule has 0 saturated carbocycles. The standard InChI is InChI=1S/C11H8F5N3O2/c12-10(13,11(14,15)16)5-21-8-3-1-7(2-4-8)19-6-17-18-9(19)20/h1-4,6H,5H2,(H,18,20). The molecule has 0 aliphatic heterocycles. The van der Waals surface area contributed by atoms with Gasteiger partial charge in [-0.2, -0.15) is 27.1 Å². The van der Waals surface area contributed by atoms with E-state index in [1.165, 1.54) is 30.6 Å². The molecule has 0 saturated heterocycles. The lowest BCUT2D eigenvalue weighted by Gasteiger charge is -2.19. The lowest BCUT2D eigenvalue weighted by Crippen LogP contribution is -2.41. The van der Waals surface area contributed by atoms with Crippen LogP contribution in [0.15, 0.2) is 35.4 Å². The molecule has 0 fully saturated rings. The maximum Gasteiger partial charge on any atom is 0.456 e. The van der Waals surface area contributed by atoms with Gasteiger partial charge in [0, 0.05) is 0 Å². The van der Waals surface area contributed by atoms with E-state index in [-0.39, 0.29) is 5.75 Å². The largest absolute Gasteiger partial charge is 0.487 e. The second-order valence-corrected chi connectivity index (χ2v) is 4.02. The monoisotopic (exact) mass is 309 g/mol. The van der Waals surface area contributed by atoms with Crippen LogP contribution in [0.4, 0.5) is 22.0 Å². The topological polar surface area (TPSA) is 59.9 Å². The van der Waals surface area contributed by atoms with Crippen molar-refractivity contribution in [3.63, 3.8) is 0 Å². The predicted molar refractivity (Wildman–Crippen MR) is 60.7 cm³/mol. The molecule has 1 heterocycles. The summed E-state index contributed by atoms with van der Waals surface area (Å²) < 4.78 is 66.7. The zero-order chi connectivity index (χ0) is 15.7. The van der Waals surface area contributed by atoms with Crippen LogP contribution in [0.25, 0.3) is 5.69 Å². The molecule has 21 heavy (non-hydrogen) atoms. The Morgan fingerprint density at radius 1 is 1.14 bits per heavy atom. The molecule has 0 spiro atoms. The van der Waals surface area contributed by atoms with E-state index in [9.17, 15) is 26.7 Å². The fourth-order valence-corrected chi connectivity index (χ4v) is 1.39. The molecule has 0 aliphatic carbocycles. The average Bonchev–Trinajstić information content (AvgIpc) is 2.82. The number of aromatic nitrogens is 3. The fraction of sp³-hybridized carbons (Fsp3) is 0.273. The van der Waals surface area contributed by atoms with Gasteiger partial charge in [0.05, 0.1) is 5.69 Å². The molecule has 10 heteroatoms. The Morgan fingerprint density at radius 2 is 1.76 bits per heavy atom. The summed E-state index contributed by atoms with van der Waals surface area (Å²) >= 11 is 0. The van der Waals surface area contributed by atoms with Crippen molar-refractivity contribution in [1.82, 2.24) is 14.8 Å². The number of hydrogen-bond donors (Lipinski definition) is 1. The summed E-state index contributed by atoms with van der Waals surface area (Å²) in [6.45, 7) is -1.82. The number of hydrogen-bond acceptors (Lipinski definition) is 3. The Balaban J connectivity index is 2.07. The molecule has 0 aliphatic rings. The Morgan fingerprint density at radius 3 is 2.24 bits per heavy atom. The number of nitrogens with one attached hydrogen (secondary N) is 1. The van der Waals surface area contributed by atoms with Crippen molar-refractivity contribution in [3.05, 3.63) is 41.1 Å². The molecule has 0 atom stereocenters. The maximum absolute atomic E-state index is 12.7. The van der Waals surface area contributed by atoms with Gasteiger partial charge in [0.1, 0.15) is 12.1 Å². The minimum atomic E-state index is -5.67. The summed E-state index contributed by atoms with van der Waals surface area (Å²) in [5, 5.41) is 5.63. The number of benzene rings is 1. The van der Waals surface area contributed by atoms with Crippen molar-refractivity contribution in [1.29, 1.82) is 0 Å². The van der Waals surface area contributed by atoms with E-state index in [0.29, 0.717) is 5.69 Å². The summed E-state index contributed by atoms with van der Waals surface area (Å²) in [5.41, 5.74) is -0.170. The van der Waals surface area contributed by atoms with Crippen LogP contribution in [-0.2, 0) is 0 Å². The Bertz CT molecular complexity index is 659. The molecular formula is C11H8F5N3O2. The van der Waals surface area contributed by atoms with E-state index in [2.05, 4.69) is 14.9 Å². The zero-order valence-electron chi connectivity index (χ0n) is 10.2. The Hall–Kier alpha value is -2.39. The minimum absolute atomic E-state index is 0.181. The van der Waals surface area contributed by atoms with E-state index in [1.807, 2.05) is 0 Å². The van der Waals surface area contributed by atoms with Crippen molar-refractivity contribution in [2.75, 3.05) is 6.61 Å². The molecule has 1 N–H and O–H groups in total. The van der Waals surface area contributed by atoms with Crippen molar-refractivity contribution in [2.45, 2.75) is 12.1 Å². The van der Waals surface area contributed by atoms with Crippen LogP contribution in [0.3, 0.4) is 0 Å². The number of aromatic amines is 1. The van der Waals surface area contributed by atoms with E-state index in [4.69, 9.17) is 0 Å². The molecule has 0 bridgehead atoms. The van der Waals surface area contributed by atoms with Crippen LogP contribution in [-0.4, -0.2) is 33.5 Å². The van der Waals surface area contributed by atoms with Gasteiger partial charge in [-0.25, -0.2) is 14.5 Å². The van der Waals surface area contributed by atoms with Crippen molar-refractivity contribution >= 4 is 0 Å². The highest BCUT2D eigenvalue weighted by Crippen LogP contribution is 2.35. The number of halogens is 5. The summed E-state index contributed by atoms with van der Waals surface area (Å²) in [5.74, 6) is -5.12. The second kappa shape index (κ2) is 5.19. The summed E-state index contributed by atoms with van der Waals surface area (Å²) in [4.78, 5) is 11.3. The van der Waals surface area contributed by atoms with Crippen LogP contribution >= 0.6 is 0 Å². The lowest BCUT2D eigenvalue weighted by atomic mass is 10.3. The number of nitrogens with zero attached hydrogens (tertiary/aromatic N) is 2. The Kier molecular flexibility index (Phi) is 3.71. The highest BCUT2D eigenvalue weighted by Gasteiger charge is 2.58. The first-order valence-electron chi connectivity index (χ1n) is 5.50. The Labute approximate surface area is 114 Å². The van der Waals surface area contributed by atoms with Gasteiger partial charge in [0.25, 0.3) is 0 Å². The van der Waals surface area contributed by atoms with Gasteiger partial charge in [0.15, 0.2) is 6.61 Å². The van der Waals surface area contributed by atoms with Gasteiger partial charge in [0.2, 0.25) is 0 Å². The first-order valence-corrected chi connectivity index (χ1v) is 5.50. The van der Waals surface area contributed by atoms with E-state index >= 15 is 0 Å². The van der Waals surface area contributed by atoms with Crippen molar-refractivity contribution < 1.29 is 26.7 Å². The number of H-pyrrole nitrogens is 1. The normalized spacial score (nSPS) is 12.4. The highest BCUT2D eigenvalue weighted by atomic mass is 19.4. The number of alkyl halides is 5. The maximum atomic E-state index is 12.7. The van der Waals surface area contributed by atoms with E-state index in [0.717, 1.165) is 4.57 Å². The molecule has 5 nitrogen and oxygen atoms in total. The van der Waals surface area contributed by atoms with Gasteiger partial charge in [-0.3, -0.25) is 0 Å². The SMILES string of the molecule is O=c1[nH]ncn1-c1ccc(OCC(F)(F)C(F)(F)F)cc1.